The van der Waals surface area contributed by atoms with Gasteiger partial charge in [-0.25, -0.2) is 9.59 Å². The lowest BCUT2D eigenvalue weighted by atomic mass is 9.84. The van der Waals surface area contributed by atoms with Crippen LogP contribution in [0, 0.1) is 11.8 Å². The van der Waals surface area contributed by atoms with Gasteiger partial charge in [0, 0.05) is 84.6 Å². The third kappa shape index (κ3) is 22.7. The van der Waals surface area contributed by atoms with Gasteiger partial charge in [-0.15, -0.1) is 0 Å². The van der Waals surface area contributed by atoms with Gasteiger partial charge in [-0.05, 0) is 163 Å². The van der Waals surface area contributed by atoms with Crippen LogP contribution in [-0.4, -0.2) is 226 Å². The van der Waals surface area contributed by atoms with Crippen molar-refractivity contribution in [3.63, 3.8) is 0 Å². The lowest BCUT2D eigenvalue weighted by Crippen LogP contribution is -2.65. The molecule has 3 fully saturated rings. The number of aliphatic hydroxyl groups is 6. The Bertz CT molecular complexity index is 5920. The Morgan fingerprint density at radius 1 is 0.659 bits per heavy atom. The number of carboxylic acid groups (broad SMARTS) is 1. The van der Waals surface area contributed by atoms with Crippen LogP contribution in [0.4, 0.5) is 4.79 Å². The van der Waals surface area contributed by atoms with Crippen molar-refractivity contribution in [2.75, 3.05) is 13.7 Å². The smallest absolute Gasteiger partial charge is 0.410 e. The Labute approximate surface area is 804 Å². The molecular weight excluding hydrogens is 1860 g/mol. The molecule has 0 radical (unpaired) electrons. The molecular formula is C97H105Cl3N8O30. The zero-order chi connectivity index (χ0) is 99.5. The van der Waals surface area contributed by atoms with Crippen LogP contribution in [0.2, 0.25) is 15.1 Å². The fourth-order valence-electron chi connectivity index (χ4n) is 17.8. The Hall–Kier alpha value is -12.2. The number of aliphatic carboxylic acids is 1. The Kier molecular flexibility index (Phi) is 31.4. The summed E-state index contributed by atoms with van der Waals surface area (Å²) >= 11 is 21.0. The van der Waals surface area contributed by atoms with E-state index < -0.39 is 290 Å². The second kappa shape index (κ2) is 42.6. The van der Waals surface area contributed by atoms with E-state index in [-0.39, 0.29) is 67.2 Å². The molecule has 138 heavy (non-hydrogen) atoms. The van der Waals surface area contributed by atoms with Crippen molar-refractivity contribution >= 4 is 94.4 Å². The lowest BCUT2D eigenvalue weighted by Gasteiger charge is -2.48. The number of carboxylic acids is 1. The summed E-state index contributed by atoms with van der Waals surface area (Å²) in [5, 5.41) is 131. The predicted molar refractivity (Wildman–Crippen MR) is 490 cm³/mol. The summed E-state index contributed by atoms with van der Waals surface area (Å²) in [5.74, 6) is -20.1. The molecule has 0 aliphatic carbocycles. The van der Waals surface area contributed by atoms with Crippen molar-refractivity contribution in [3.05, 3.63) is 206 Å². The maximum absolute atomic E-state index is 16.9. The average Bonchev–Trinajstić information content (AvgIpc) is 0.758. The highest BCUT2D eigenvalue weighted by molar-refractivity contribution is 6.32. The summed E-state index contributed by atoms with van der Waals surface area (Å²) in [4.78, 5) is 150. The van der Waals surface area contributed by atoms with Gasteiger partial charge in [0.05, 0.1) is 52.9 Å². The predicted octanol–water partition coefficient (Wildman–Crippen LogP) is 8.06. The third-order valence-electron chi connectivity index (χ3n) is 25.4. The summed E-state index contributed by atoms with van der Waals surface area (Å²) in [5.41, 5.74) is 10.2. The van der Waals surface area contributed by atoms with Crippen molar-refractivity contribution in [2.24, 2.45) is 23.3 Å². The van der Waals surface area contributed by atoms with Crippen LogP contribution in [-0.2, 0) is 84.7 Å². The number of nitrogens with one attached hydrogen (secondary N) is 5. The molecule has 0 aromatic heterocycles. The van der Waals surface area contributed by atoms with Crippen LogP contribution in [0.15, 0.2) is 152 Å². The highest BCUT2D eigenvalue weighted by atomic mass is 35.5. The molecule has 8 heterocycles. The number of carbonyl (C=O) groups excluding carboxylic acids is 9. The molecule has 6 amide bonds. The van der Waals surface area contributed by atoms with E-state index in [1.807, 2.05) is 36.4 Å². The standard InChI is InChI=1S/C97H105Cl3N8O30/c1-43(2)26-63(108(7)95(128)129-41-47-10-21-57(22-11-47)130-42-110)91(124)106-79-66(114)30-54(33-73(101)116)89(122)104-77-53-31-70(133-68-24-17-51(81(79)117)28-61(68)99)85(138-94-86(83(119)82(118)72(40-109)135-94)137-75-38-97(6,88(121)45(4)132-75)103-39-46-8-12-48(13-9-46)49-14-19-55(98)20-15-49)71(32-53)134-69-25-18-52(29-62(69)100)84(136-74-37-96(5,102)87(120)44(3)131-74)80-92(125)105-78(93(126)127)60-34-56(111)35-65(113)76(60)59-27-50(16-23-64(59)112)58(36-67(77)115)90(123)107-80/h8-25,27-29,31-32,34-35,42-45,54,58,63,72,74-75,77-84,86-88,94,103,109,111-113,117-121H,26,30,33,36-41,102H2,1-7H3,(H2,101,116)(H,104,122)(H,105,125)(H,106,124)(H,107,123)(H,126,127). The SMILES string of the molecule is CC(C)CC(C(=O)NC1C(=O)CC(CC(N)=O)C(=O)NC2C(=O)CC3C(=O)NC(C(=O)NC(C(=O)O)c4cc(O)cc(O)c4-c4cc3ccc4O)C(OC3CC(C)(N)C(O)C(C)O3)c3ccc(c(Cl)c3)Oc3cc2cc(c3OC2OC(CO)C(O)C(O)C2OC2CC(C)(NCc3ccc(-c4ccc(Cl)cc4)cc3)C(O)C(C)O2)Oc2ccc(cc2Cl)C1O)N(C)C(=O)OCc1ccc(OC=O)cc1. The van der Waals surface area contributed by atoms with Gasteiger partial charge < -0.3 is 136 Å². The zero-order valence-electron chi connectivity index (χ0n) is 75.4. The van der Waals surface area contributed by atoms with E-state index in [1.54, 1.807) is 39.8 Å². The maximum atomic E-state index is 16.9. The highest BCUT2D eigenvalue weighted by Crippen LogP contribution is 2.52. The van der Waals surface area contributed by atoms with E-state index >= 15 is 28.8 Å². The molecule has 38 nitrogen and oxygen atoms in total. The van der Waals surface area contributed by atoms with Crippen molar-refractivity contribution in [2.45, 2.75) is 220 Å². The average molecular weight is 1970 g/mol. The molecule has 19 N–H and O–H groups in total. The number of nitrogens with zero attached hydrogens (tertiary/aromatic N) is 1. The first-order chi connectivity index (χ1) is 65.5. The minimum atomic E-state index is -2.33. The van der Waals surface area contributed by atoms with Crippen LogP contribution in [0.25, 0.3) is 22.3 Å². The molecule has 41 heteroatoms. The van der Waals surface area contributed by atoms with Crippen LogP contribution in [0.5, 0.6) is 51.7 Å². The van der Waals surface area contributed by atoms with E-state index in [0.29, 0.717) is 10.6 Å². The first-order valence-electron chi connectivity index (χ1n) is 44.2. The van der Waals surface area contributed by atoms with Gasteiger partial charge in [0.15, 0.2) is 47.8 Å². The molecule has 0 spiro atoms. The number of phenolic OH excluding ortho intramolecular Hbond substituents is 3. The summed E-state index contributed by atoms with van der Waals surface area (Å²) < 4.78 is 63.7. The van der Waals surface area contributed by atoms with E-state index in [9.17, 15) is 70.2 Å². The van der Waals surface area contributed by atoms with Crippen LogP contribution < -0.4 is 57.0 Å². The molecule has 22 atom stereocenters. The highest BCUT2D eigenvalue weighted by Gasteiger charge is 2.54. The van der Waals surface area contributed by atoms with Gasteiger partial charge in [0.1, 0.15) is 95.8 Å². The normalized spacial score (nSPS) is 28.0. The number of fused-ring (bicyclic) bond motifs is 15. The quantitative estimate of drug-likeness (QED) is 0.0269. The molecule has 734 valence electrons. The van der Waals surface area contributed by atoms with Crippen molar-refractivity contribution in [1.29, 1.82) is 0 Å². The van der Waals surface area contributed by atoms with Gasteiger partial charge in [-0.3, -0.25) is 43.3 Å². The summed E-state index contributed by atoms with van der Waals surface area (Å²) in [7, 11) is 1.24. The maximum Gasteiger partial charge on any atom is 0.410 e. The number of likely N-dealkylation sites (N-methyl/N-ethyl adjacent to an activating group) is 1. The number of ether oxygens (including phenoxy) is 10. The minimum absolute atomic E-state index is 0.121. The number of hydrogen-bond acceptors (Lipinski definition) is 31. The Morgan fingerprint density at radius 2 is 1.28 bits per heavy atom. The van der Waals surface area contributed by atoms with Crippen LogP contribution in [0.1, 0.15) is 149 Å². The van der Waals surface area contributed by atoms with Gasteiger partial charge in [-0.1, -0.05) is 115 Å². The minimum Gasteiger partial charge on any atom is -0.508 e. The van der Waals surface area contributed by atoms with Gasteiger partial charge >= 0.3 is 12.1 Å². The lowest BCUT2D eigenvalue weighted by molar-refractivity contribution is -0.334. The number of ketones is 2. The number of nitrogens with two attached hydrogens (primary N) is 2. The van der Waals surface area contributed by atoms with E-state index in [1.165, 1.54) is 75.5 Å². The summed E-state index contributed by atoms with van der Waals surface area (Å²) in [6.07, 6.45) is -27.0. The molecule has 0 saturated carbocycles. The topological polar surface area (TPSA) is 581 Å². The van der Waals surface area contributed by atoms with E-state index in [4.69, 9.17) is 93.6 Å². The number of Topliss-reactive ketones (excluding diaryl/α,β-unsaturated/α-hetero) is 2. The number of hydrogen-bond donors (Lipinski definition) is 17. The van der Waals surface area contributed by atoms with Crippen molar-refractivity contribution in [1.82, 2.24) is 31.5 Å². The number of rotatable bonds is 23. The van der Waals surface area contributed by atoms with Crippen LogP contribution in [0.3, 0.4) is 0 Å². The largest absolute Gasteiger partial charge is 0.508 e. The molecule has 8 aromatic carbocycles. The van der Waals surface area contributed by atoms with Crippen LogP contribution >= 0.6 is 34.8 Å². The second-order valence-electron chi connectivity index (χ2n) is 36.0. The monoisotopic (exact) mass is 1970 g/mol. The molecule has 11 bridgehead atoms. The number of aromatic hydroxyl groups is 3. The number of carbonyl (C=O) groups is 10. The number of phenols is 3. The number of halogens is 3. The Balaban J connectivity index is 0.945. The number of benzene rings is 8. The summed E-state index contributed by atoms with van der Waals surface area (Å²) in [6.45, 7) is 8.67. The van der Waals surface area contributed by atoms with Gasteiger partial charge in [0.2, 0.25) is 41.6 Å². The first kappa shape index (κ1) is 102. The number of aliphatic hydroxyl groups excluding tert-OH is 6. The molecule has 8 aliphatic heterocycles. The van der Waals surface area contributed by atoms with Crippen molar-refractivity contribution in [3.8, 4) is 74.0 Å². The first-order valence-corrected chi connectivity index (χ1v) is 45.3. The third-order valence-corrected chi connectivity index (χ3v) is 26.2. The number of primary amides is 1. The summed E-state index contributed by atoms with van der Waals surface area (Å²) in [6, 6.07) is 24.4. The van der Waals surface area contributed by atoms with Gasteiger partial charge in [-0.2, -0.15) is 0 Å². The molecule has 8 aliphatic rings. The fourth-order valence-corrected chi connectivity index (χ4v) is 18.4. The molecule has 16 rings (SSSR count). The molecule has 8 aromatic rings. The van der Waals surface area contributed by atoms with Gasteiger partial charge in [0.25, 0.3) is 6.47 Å². The second-order valence-corrected chi connectivity index (χ2v) is 37.3. The Morgan fingerprint density at radius 3 is 1.89 bits per heavy atom. The van der Waals surface area contributed by atoms with E-state index in [0.717, 1.165) is 70.1 Å². The zero-order valence-corrected chi connectivity index (χ0v) is 77.6. The van der Waals surface area contributed by atoms with Crippen molar-refractivity contribution < 1.29 is 146 Å². The fraction of sp³-hybridized carbons (Fsp3) is 0.402. The van der Waals surface area contributed by atoms with E-state index in [2.05, 4.69) is 26.6 Å². The number of amides is 6. The molecule has 22 unspecified atom stereocenters. The molecule has 3 saturated heterocycles.